The zero-order chi connectivity index (χ0) is 18.9. The zero-order valence-electron chi connectivity index (χ0n) is 13.8. The number of carbonyl (C=O) groups is 2. The van der Waals surface area contributed by atoms with Crippen molar-refractivity contribution in [3.63, 3.8) is 0 Å². The Morgan fingerprint density at radius 2 is 1.77 bits per heavy atom. The molecule has 0 fully saturated rings. The number of ether oxygens (including phenoxy) is 1. The van der Waals surface area contributed by atoms with E-state index in [2.05, 4.69) is 38.8 Å². The first-order valence-corrected chi connectivity index (χ1v) is 8.97. The second kappa shape index (κ2) is 9.88. The minimum atomic E-state index is -0.433. The number of hydrogen-bond acceptors (Lipinski definition) is 4. The highest BCUT2D eigenvalue weighted by Crippen LogP contribution is 2.18. The number of halogens is 1. The molecule has 0 saturated carbocycles. The average molecular weight is 481 g/mol. The van der Waals surface area contributed by atoms with E-state index >= 15 is 0 Å². The summed E-state index contributed by atoms with van der Waals surface area (Å²) in [4.78, 5) is 24.0. The Labute approximate surface area is 170 Å². The normalized spacial score (nSPS) is 10.2. The number of hydrogen-bond donors (Lipinski definition) is 3. The predicted molar refractivity (Wildman–Crippen MR) is 113 cm³/mol. The van der Waals surface area contributed by atoms with Crippen LogP contribution < -0.4 is 20.9 Å². The molecular formula is C18H16IN3O3S. The molecule has 0 spiro atoms. The lowest BCUT2D eigenvalue weighted by Crippen LogP contribution is -2.48. The van der Waals surface area contributed by atoms with E-state index in [1.54, 1.807) is 31.4 Å². The van der Waals surface area contributed by atoms with Crippen LogP contribution in [0.2, 0.25) is 0 Å². The standard InChI is InChI=1S/C18H16IN3O3S/c1-25-15-9-5-2-6-12(15)10-11-16(23)20-18(26)22-21-17(24)13-7-3-4-8-14(13)19/h2-11H,1H3,(H,21,24)(H2,20,22,23,26). The SMILES string of the molecule is COc1ccccc1C=CC(=O)NC(=S)NNC(=O)c1ccccc1I. The molecule has 2 aromatic carbocycles. The van der Waals surface area contributed by atoms with E-state index in [0.717, 1.165) is 9.13 Å². The van der Waals surface area contributed by atoms with Gasteiger partial charge in [0.2, 0.25) is 5.91 Å². The molecule has 0 radical (unpaired) electrons. The summed E-state index contributed by atoms with van der Waals surface area (Å²) in [6.45, 7) is 0. The third-order valence-electron chi connectivity index (χ3n) is 3.20. The van der Waals surface area contributed by atoms with E-state index in [1.165, 1.54) is 6.08 Å². The summed E-state index contributed by atoms with van der Waals surface area (Å²) in [5.74, 6) is -0.130. The summed E-state index contributed by atoms with van der Waals surface area (Å²) in [5, 5.41) is 2.43. The third kappa shape index (κ3) is 5.81. The Morgan fingerprint density at radius 1 is 1.08 bits per heavy atom. The lowest BCUT2D eigenvalue weighted by Gasteiger charge is -2.10. The van der Waals surface area contributed by atoms with Crippen molar-refractivity contribution in [2.75, 3.05) is 7.11 Å². The number of hydrazine groups is 1. The number of nitrogens with one attached hydrogen (secondary N) is 3. The van der Waals surface area contributed by atoms with Gasteiger partial charge in [-0.05, 0) is 59.1 Å². The second-order valence-electron chi connectivity index (χ2n) is 4.95. The van der Waals surface area contributed by atoms with Crippen molar-refractivity contribution in [2.24, 2.45) is 0 Å². The number of methoxy groups -OCH3 is 1. The number of carbonyl (C=O) groups excluding carboxylic acids is 2. The maximum Gasteiger partial charge on any atom is 0.270 e. The van der Waals surface area contributed by atoms with E-state index < -0.39 is 5.91 Å². The van der Waals surface area contributed by atoms with E-state index in [1.807, 2.05) is 30.3 Å². The van der Waals surface area contributed by atoms with Crippen molar-refractivity contribution < 1.29 is 14.3 Å². The van der Waals surface area contributed by atoms with Gasteiger partial charge in [-0.3, -0.25) is 25.8 Å². The summed E-state index contributed by atoms with van der Waals surface area (Å²) >= 11 is 7.06. The van der Waals surface area contributed by atoms with Crippen molar-refractivity contribution in [3.8, 4) is 5.75 Å². The van der Waals surface area contributed by atoms with Crippen LogP contribution in [0, 0.1) is 3.57 Å². The topological polar surface area (TPSA) is 79.5 Å². The second-order valence-corrected chi connectivity index (χ2v) is 6.52. The first-order chi connectivity index (χ1) is 12.5. The van der Waals surface area contributed by atoms with Gasteiger partial charge in [0.25, 0.3) is 5.91 Å². The van der Waals surface area contributed by atoms with Crippen LogP contribution in [0.1, 0.15) is 15.9 Å². The van der Waals surface area contributed by atoms with Crippen molar-refractivity contribution in [2.45, 2.75) is 0 Å². The first kappa shape index (κ1) is 19.9. The minimum Gasteiger partial charge on any atom is -0.496 e. The van der Waals surface area contributed by atoms with Gasteiger partial charge in [-0.1, -0.05) is 30.3 Å². The average Bonchev–Trinajstić information content (AvgIpc) is 2.65. The minimum absolute atomic E-state index is 0.0148. The number of benzene rings is 2. The van der Waals surface area contributed by atoms with E-state index in [4.69, 9.17) is 17.0 Å². The summed E-state index contributed by atoms with van der Waals surface area (Å²) in [5.41, 5.74) is 6.21. The molecule has 2 rings (SSSR count). The van der Waals surface area contributed by atoms with Crippen LogP contribution in [-0.4, -0.2) is 24.0 Å². The van der Waals surface area contributed by atoms with Gasteiger partial charge in [-0.25, -0.2) is 0 Å². The van der Waals surface area contributed by atoms with Crippen molar-refractivity contribution in [1.82, 2.24) is 16.2 Å². The fourth-order valence-electron chi connectivity index (χ4n) is 1.98. The molecule has 134 valence electrons. The number of rotatable bonds is 4. The third-order valence-corrected chi connectivity index (χ3v) is 4.34. The molecule has 2 aromatic rings. The van der Waals surface area contributed by atoms with Crippen LogP contribution in [0.25, 0.3) is 6.08 Å². The van der Waals surface area contributed by atoms with Gasteiger partial charge in [0.1, 0.15) is 5.75 Å². The highest BCUT2D eigenvalue weighted by Gasteiger charge is 2.09. The molecule has 0 unspecified atom stereocenters. The van der Waals surface area contributed by atoms with Gasteiger partial charge in [0.05, 0.1) is 12.7 Å². The predicted octanol–water partition coefficient (Wildman–Crippen LogP) is 2.65. The smallest absolute Gasteiger partial charge is 0.270 e. The highest BCUT2D eigenvalue weighted by atomic mass is 127. The maximum absolute atomic E-state index is 12.1. The molecule has 2 amide bonds. The quantitative estimate of drug-likeness (QED) is 0.271. The molecule has 0 aliphatic heterocycles. The van der Waals surface area contributed by atoms with E-state index in [9.17, 15) is 9.59 Å². The van der Waals surface area contributed by atoms with Crippen LogP contribution in [-0.2, 0) is 4.79 Å². The lowest BCUT2D eigenvalue weighted by atomic mass is 10.2. The van der Waals surface area contributed by atoms with Crippen molar-refractivity contribution in [3.05, 3.63) is 69.3 Å². The summed E-state index contributed by atoms with van der Waals surface area (Å²) in [6, 6.07) is 14.4. The first-order valence-electron chi connectivity index (χ1n) is 7.48. The highest BCUT2D eigenvalue weighted by molar-refractivity contribution is 14.1. The molecule has 0 aliphatic carbocycles. The molecule has 0 saturated heterocycles. The zero-order valence-corrected chi connectivity index (χ0v) is 16.8. The molecule has 26 heavy (non-hydrogen) atoms. The van der Waals surface area contributed by atoms with Gasteiger partial charge >= 0.3 is 0 Å². The van der Waals surface area contributed by atoms with E-state index in [-0.39, 0.29) is 11.0 Å². The Kier molecular flexibility index (Phi) is 7.54. The summed E-state index contributed by atoms with van der Waals surface area (Å²) in [6.07, 6.45) is 2.94. The number of amides is 2. The molecular weight excluding hydrogens is 465 g/mol. The molecule has 3 N–H and O–H groups in total. The van der Waals surface area contributed by atoms with Crippen LogP contribution in [0.15, 0.2) is 54.6 Å². The molecule has 0 bridgehead atoms. The fraction of sp³-hybridized carbons (Fsp3) is 0.0556. The summed E-state index contributed by atoms with van der Waals surface area (Å²) in [7, 11) is 1.56. The molecule has 0 atom stereocenters. The number of para-hydroxylation sites is 1. The van der Waals surface area contributed by atoms with Gasteiger partial charge < -0.3 is 4.74 Å². The van der Waals surface area contributed by atoms with E-state index in [0.29, 0.717) is 11.3 Å². The Hall–Kier alpha value is -2.46. The fourth-order valence-corrected chi connectivity index (χ4v) is 2.76. The Morgan fingerprint density at radius 3 is 2.50 bits per heavy atom. The van der Waals surface area contributed by atoms with Gasteiger partial charge in [-0.15, -0.1) is 0 Å². The summed E-state index contributed by atoms with van der Waals surface area (Å²) < 4.78 is 6.01. The van der Waals surface area contributed by atoms with Gasteiger partial charge in [-0.2, -0.15) is 0 Å². The lowest BCUT2D eigenvalue weighted by molar-refractivity contribution is -0.115. The monoisotopic (exact) mass is 481 g/mol. The number of thiocarbonyl (C=S) groups is 1. The van der Waals surface area contributed by atoms with Crippen LogP contribution in [0.3, 0.4) is 0 Å². The van der Waals surface area contributed by atoms with Crippen molar-refractivity contribution in [1.29, 1.82) is 0 Å². The van der Waals surface area contributed by atoms with Crippen LogP contribution in [0.5, 0.6) is 5.75 Å². The molecule has 6 nitrogen and oxygen atoms in total. The maximum atomic E-state index is 12.1. The van der Waals surface area contributed by atoms with Gasteiger partial charge in [0, 0.05) is 15.2 Å². The largest absolute Gasteiger partial charge is 0.496 e. The molecule has 8 heteroatoms. The molecule has 0 heterocycles. The van der Waals surface area contributed by atoms with Crippen LogP contribution >= 0.6 is 34.8 Å². The Bertz CT molecular complexity index is 855. The Balaban J connectivity index is 1.85. The van der Waals surface area contributed by atoms with Crippen LogP contribution in [0.4, 0.5) is 0 Å². The van der Waals surface area contributed by atoms with Crippen molar-refractivity contribution >= 4 is 57.8 Å². The molecule has 0 aromatic heterocycles. The van der Waals surface area contributed by atoms with Gasteiger partial charge in [0.15, 0.2) is 5.11 Å². The molecule has 0 aliphatic rings.